The van der Waals surface area contributed by atoms with E-state index in [1.807, 2.05) is 54.6 Å². The van der Waals surface area contributed by atoms with Crippen LogP contribution in [0.4, 0.5) is 17.3 Å². The predicted molar refractivity (Wildman–Crippen MR) is 106 cm³/mol. The SMILES string of the molecule is CC(Nc1cc(Nc2cccc3cccnc23)ncn1)c1ccccc1. The number of benzene rings is 2. The minimum atomic E-state index is 0.151. The Morgan fingerprint density at radius 2 is 1.62 bits per heavy atom. The molecule has 1 unspecified atom stereocenters. The van der Waals surface area contributed by atoms with Crippen LogP contribution in [0.25, 0.3) is 10.9 Å². The van der Waals surface area contributed by atoms with E-state index in [4.69, 9.17) is 0 Å². The van der Waals surface area contributed by atoms with Crippen LogP contribution < -0.4 is 10.6 Å². The van der Waals surface area contributed by atoms with Crippen molar-refractivity contribution in [1.29, 1.82) is 0 Å². The van der Waals surface area contributed by atoms with Gasteiger partial charge in [0, 0.05) is 23.7 Å². The number of anilines is 3. The molecule has 4 rings (SSSR count). The third-order valence-corrected chi connectivity index (χ3v) is 4.23. The number of pyridine rings is 1. The standard InChI is InChI=1S/C21H19N5/c1-15(16-7-3-2-4-8-16)25-19-13-20(24-14-23-19)26-18-11-5-9-17-10-6-12-22-21(17)18/h2-15H,1H3,(H2,23,24,25,26). The summed E-state index contributed by atoms with van der Waals surface area (Å²) in [6, 6.07) is 22.4. The molecule has 0 aliphatic heterocycles. The van der Waals surface area contributed by atoms with E-state index >= 15 is 0 Å². The largest absolute Gasteiger partial charge is 0.363 e. The van der Waals surface area contributed by atoms with E-state index in [0.717, 1.165) is 28.2 Å². The van der Waals surface area contributed by atoms with Crippen LogP contribution in [0.2, 0.25) is 0 Å². The fraction of sp³-hybridized carbons (Fsp3) is 0.0952. The van der Waals surface area contributed by atoms with Crippen molar-refractivity contribution in [2.24, 2.45) is 0 Å². The number of para-hydroxylation sites is 1. The van der Waals surface area contributed by atoms with Gasteiger partial charge < -0.3 is 10.6 Å². The molecule has 0 aliphatic rings. The zero-order valence-electron chi connectivity index (χ0n) is 14.4. The number of nitrogens with one attached hydrogen (secondary N) is 2. The summed E-state index contributed by atoms with van der Waals surface area (Å²) in [5.41, 5.74) is 3.04. The van der Waals surface area contributed by atoms with E-state index in [1.54, 1.807) is 12.5 Å². The van der Waals surface area contributed by atoms with Gasteiger partial charge in [0.25, 0.3) is 0 Å². The van der Waals surface area contributed by atoms with Crippen molar-refractivity contribution in [3.8, 4) is 0 Å². The lowest BCUT2D eigenvalue weighted by Gasteiger charge is -2.15. The monoisotopic (exact) mass is 341 g/mol. The summed E-state index contributed by atoms with van der Waals surface area (Å²) in [6.45, 7) is 2.11. The summed E-state index contributed by atoms with van der Waals surface area (Å²) in [4.78, 5) is 13.1. The highest BCUT2D eigenvalue weighted by atomic mass is 15.1. The van der Waals surface area contributed by atoms with Gasteiger partial charge >= 0.3 is 0 Å². The first-order valence-electron chi connectivity index (χ1n) is 8.54. The van der Waals surface area contributed by atoms with Gasteiger partial charge in [-0.1, -0.05) is 48.5 Å². The lowest BCUT2D eigenvalue weighted by atomic mass is 10.1. The van der Waals surface area contributed by atoms with Crippen LogP contribution in [0.1, 0.15) is 18.5 Å². The molecule has 2 N–H and O–H groups in total. The summed E-state index contributed by atoms with van der Waals surface area (Å²) in [5.74, 6) is 1.49. The van der Waals surface area contributed by atoms with Crippen LogP contribution in [0, 0.1) is 0 Å². The van der Waals surface area contributed by atoms with Gasteiger partial charge in [0.15, 0.2) is 0 Å². The Bertz CT molecular complexity index is 1010. The van der Waals surface area contributed by atoms with Crippen molar-refractivity contribution in [3.63, 3.8) is 0 Å². The molecule has 26 heavy (non-hydrogen) atoms. The molecule has 0 radical (unpaired) electrons. The molecular weight excluding hydrogens is 322 g/mol. The Labute approximate surface area is 152 Å². The second-order valence-electron chi connectivity index (χ2n) is 6.07. The smallest absolute Gasteiger partial charge is 0.135 e. The van der Waals surface area contributed by atoms with E-state index in [9.17, 15) is 0 Å². The zero-order chi connectivity index (χ0) is 17.8. The van der Waals surface area contributed by atoms with Crippen molar-refractivity contribution < 1.29 is 0 Å². The molecule has 0 aliphatic carbocycles. The minimum Gasteiger partial charge on any atom is -0.363 e. The molecule has 4 aromatic rings. The minimum absolute atomic E-state index is 0.151. The van der Waals surface area contributed by atoms with E-state index in [2.05, 4.69) is 44.6 Å². The van der Waals surface area contributed by atoms with Crippen molar-refractivity contribution in [1.82, 2.24) is 15.0 Å². The maximum absolute atomic E-state index is 4.47. The first-order valence-corrected chi connectivity index (χ1v) is 8.54. The molecule has 0 spiro atoms. The highest BCUT2D eigenvalue weighted by molar-refractivity contribution is 5.91. The Hall–Kier alpha value is -3.47. The highest BCUT2D eigenvalue weighted by Gasteiger charge is 2.08. The average molecular weight is 341 g/mol. The fourth-order valence-electron chi connectivity index (χ4n) is 2.89. The first-order chi connectivity index (χ1) is 12.8. The van der Waals surface area contributed by atoms with Crippen LogP contribution in [-0.4, -0.2) is 15.0 Å². The number of fused-ring (bicyclic) bond motifs is 1. The maximum atomic E-state index is 4.47. The summed E-state index contributed by atoms with van der Waals surface area (Å²) < 4.78 is 0. The predicted octanol–water partition coefficient (Wildman–Crippen LogP) is 4.94. The first kappa shape index (κ1) is 16.0. The van der Waals surface area contributed by atoms with Crippen molar-refractivity contribution in [2.75, 3.05) is 10.6 Å². The molecule has 0 bridgehead atoms. The fourth-order valence-corrected chi connectivity index (χ4v) is 2.89. The molecule has 2 aromatic carbocycles. The number of nitrogens with zero attached hydrogens (tertiary/aromatic N) is 3. The van der Waals surface area contributed by atoms with Gasteiger partial charge in [-0.2, -0.15) is 0 Å². The Kier molecular flexibility index (Phi) is 4.43. The van der Waals surface area contributed by atoms with Crippen LogP contribution >= 0.6 is 0 Å². The van der Waals surface area contributed by atoms with Gasteiger partial charge in [0.1, 0.15) is 18.0 Å². The lowest BCUT2D eigenvalue weighted by Crippen LogP contribution is -2.08. The molecule has 0 amide bonds. The van der Waals surface area contributed by atoms with Gasteiger partial charge in [-0.05, 0) is 24.6 Å². The number of hydrogen-bond donors (Lipinski definition) is 2. The summed E-state index contributed by atoms with van der Waals surface area (Å²) in [6.07, 6.45) is 3.35. The van der Waals surface area contributed by atoms with E-state index in [1.165, 1.54) is 5.56 Å². The second-order valence-corrected chi connectivity index (χ2v) is 6.07. The Morgan fingerprint density at radius 3 is 2.50 bits per heavy atom. The second kappa shape index (κ2) is 7.19. The molecule has 0 saturated carbocycles. The van der Waals surface area contributed by atoms with Crippen LogP contribution in [0.3, 0.4) is 0 Å². The van der Waals surface area contributed by atoms with Crippen molar-refractivity contribution in [2.45, 2.75) is 13.0 Å². The van der Waals surface area contributed by atoms with Crippen molar-refractivity contribution in [3.05, 3.63) is 84.8 Å². The lowest BCUT2D eigenvalue weighted by molar-refractivity contribution is 0.872. The van der Waals surface area contributed by atoms with E-state index in [-0.39, 0.29) is 6.04 Å². The summed E-state index contributed by atoms with van der Waals surface area (Å²) >= 11 is 0. The number of aromatic nitrogens is 3. The zero-order valence-corrected chi connectivity index (χ0v) is 14.4. The van der Waals surface area contributed by atoms with Gasteiger partial charge in [-0.3, -0.25) is 4.98 Å². The highest BCUT2D eigenvalue weighted by Crippen LogP contribution is 2.25. The van der Waals surface area contributed by atoms with Gasteiger partial charge in [-0.25, -0.2) is 9.97 Å². The molecule has 5 heteroatoms. The van der Waals surface area contributed by atoms with E-state index in [0.29, 0.717) is 0 Å². The third kappa shape index (κ3) is 3.47. The molecule has 2 aromatic heterocycles. The number of rotatable bonds is 5. The van der Waals surface area contributed by atoms with Gasteiger partial charge in [0.05, 0.1) is 11.2 Å². The topological polar surface area (TPSA) is 62.7 Å². The summed E-state index contributed by atoms with van der Waals surface area (Å²) in [5, 5.41) is 7.85. The van der Waals surface area contributed by atoms with Crippen LogP contribution in [0.5, 0.6) is 0 Å². The van der Waals surface area contributed by atoms with Crippen LogP contribution in [-0.2, 0) is 0 Å². The number of hydrogen-bond acceptors (Lipinski definition) is 5. The summed E-state index contributed by atoms with van der Waals surface area (Å²) in [7, 11) is 0. The van der Waals surface area contributed by atoms with Crippen molar-refractivity contribution >= 4 is 28.2 Å². The molecule has 2 heterocycles. The Morgan fingerprint density at radius 1 is 0.808 bits per heavy atom. The average Bonchev–Trinajstić information content (AvgIpc) is 2.69. The Balaban J connectivity index is 1.56. The molecule has 128 valence electrons. The van der Waals surface area contributed by atoms with E-state index < -0.39 is 0 Å². The maximum Gasteiger partial charge on any atom is 0.135 e. The molecule has 0 saturated heterocycles. The third-order valence-electron chi connectivity index (χ3n) is 4.23. The normalized spacial score (nSPS) is 11.9. The molecular formula is C21H19N5. The molecule has 1 atom stereocenters. The molecule has 5 nitrogen and oxygen atoms in total. The quantitative estimate of drug-likeness (QED) is 0.538. The molecule has 0 fully saturated rings. The van der Waals surface area contributed by atoms with Gasteiger partial charge in [0.2, 0.25) is 0 Å². The van der Waals surface area contributed by atoms with Gasteiger partial charge in [-0.15, -0.1) is 0 Å². The van der Waals surface area contributed by atoms with Crippen LogP contribution in [0.15, 0.2) is 79.3 Å².